The van der Waals surface area contributed by atoms with Crippen LogP contribution in [-0.4, -0.2) is 85.1 Å². The Kier molecular flexibility index (Phi) is 7.48. The smallest absolute Gasteiger partial charge is 0.404 e. The average Bonchev–Trinajstić information content (AvgIpc) is 3.56. The highest BCUT2D eigenvalue weighted by atomic mass is 32.2. The number of carboxylic acid groups (broad SMARTS) is 1. The molecular formula is C26H31N9O5S. The molecule has 5 rings (SSSR count). The van der Waals surface area contributed by atoms with Crippen molar-refractivity contribution in [1.29, 1.82) is 0 Å². The van der Waals surface area contributed by atoms with Crippen LogP contribution in [0, 0.1) is 0 Å². The van der Waals surface area contributed by atoms with Crippen LogP contribution in [-0.2, 0) is 15.4 Å². The van der Waals surface area contributed by atoms with Crippen LogP contribution in [0.5, 0.6) is 0 Å². The second-order valence-corrected chi connectivity index (χ2v) is 12.6. The molecule has 41 heavy (non-hydrogen) atoms. The minimum atomic E-state index is -3.27. The van der Waals surface area contributed by atoms with Crippen LogP contribution in [0.15, 0.2) is 49.1 Å². The summed E-state index contributed by atoms with van der Waals surface area (Å²) in [6.45, 7) is 4.79. The number of rotatable bonds is 8. The van der Waals surface area contributed by atoms with Gasteiger partial charge in [0, 0.05) is 55.6 Å². The highest BCUT2D eigenvalue weighted by Crippen LogP contribution is 2.31. The first kappa shape index (κ1) is 28.2. The maximum Gasteiger partial charge on any atom is 0.404 e. The normalized spacial score (nSPS) is 15.2. The summed E-state index contributed by atoms with van der Waals surface area (Å²) in [7, 11) is -3.27. The Morgan fingerprint density at radius 3 is 2.56 bits per heavy atom. The van der Waals surface area contributed by atoms with Crippen LogP contribution in [0.1, 0.15) is 54.2 Å². The number of nitrogens with one attached hydrogen (secondary N) is 2. The fourth-order valence-corrected chi connectivity index (χ4v) is 5.70. The average molecular weight is 582 g/mol. The first-order valence-electron chi connectivity index (χ1n) is 13.0. The van der Waals surface area contributed by atoms with Gasteiger partial charge in [0.05, 0.1) is 18.1 Å². The first-order valence-corrected chi connectivity index (χ1v) is 14.9. The van der Waals surface area contributed by atoms with Gasteiger partial charge in [0.2, 0.25) is 10.0 Å². The van der Waals surface area contributed by atoms with E-state index in [1.54, 1.807) is 41.5 Å². The zero-order chi connectivity index (χ0) is 29.4. The molecule has 14 nitrogen and oxygen atoms in total. The fraction of sp³-hybridized carbons (Fsp3) is 0.385. The number of hydrogen-bond donors (Lipinski definition) is 3. The van der Waals surface area contributed by atoms with E-state index in [4.69, 9.17) is 10.2 Å². The van der Waals surface area contributed by atoms with Gasteiger partial charge in [0.1, 0.15) is 11.4 Å². The first-order chi connectivity index (χ1) is 19.4. The Morgan fingerprint density at radius 1 is 1.15 bits per heavy atom. The van der Waals surface area contributed by atoms with Gasteiger partial charge < -0.3 is 15.7 Å². The molecule has 3 N–H and O–H groups in total. The number of amides is 2. The number of nitrogens with zero attached hydrogens (tertiary/aromatic N) is 7. The number of aromatic nitrogens is 6. The number of carbonyl (C=O) groups excluding carboxylic acids is 1. The predicted molar refractivity (Wildman–Crippen MR) is 150 cm³/mol. The molecule has 0 radical (unpaired) electrons. The minimum Gasteiger partial charge on any atom is -0.465 e. The van der Waals surface area contributed by atoms with Crippen LogP contribution in [0.25, 0.3) is 11.5 Å². The third-order valence-electron chi connectivity index (χ3n) is 7.26. The third-order valence-corrected chi connectivity index (χ3v) is 8.57. The van der Waals surface area contributed by atoms with Gasteiger partial charge >= 0.3 is 6.09 Å². The number of piperidine rings is 1. The van der Waals surface area contributed by atoms with Crippen molar-refractivity contribution >= 4 is 33.5 Å². The van der Waals surface area contributed by atoms with Gasteiger partial charge in [-0.2, -0.15) is 14.9 Å². The van der Waals surface area contributed by atoms with Crippen molar-refractivity contribution in [2.75, 3.05) is 31.2 Å². The van der Waals surface area contributed by atoms with Crippen LogP contribution >= 0.6 is 0 Å². The number of anilines is 1. The van der Waals surface area contributed by atoms with Crippen molar-refractivity contribution in [3.05, 3.63) is 65.9 Å². The Labute approximate surface area is 236 Å². The molecule has 1 aliphatic heterocycles. The standard InChI is InChI=1S/C26H31N9O5S/c1-26(2,16-29-25(37)38)18-5-6-21(28-14-18)35-22(31-24(36)19-15-30-34-10-4-9-27-23(19)34)13-20(32-35)17-7-11-33(12-8-17)41(3,39)40/h4-6,9-10,13-15,17,29H,7-8,11-12,16H2,1-3H3,(H,31,36)(H,37,38). The lowest BCUT2D eigenvalue weighted by atomic mass is 9.86. The van der Waals surface area contributed by atoms with E-state index in [0.717, 1.165) is 5.56 Å². The van der Waals surface area contributed by atoms with Crippen molar-refractivity contribution in [2.45, 2.75) is 38.0 Å². The molecule has 0 unspecified atom stereocenters. The Balaban J connectivity index is 1.45. The Hall–Kier alpha value is -4.37. The summed E-state index contributed by atoms with van der Waals surface area (Å²) >= 11 is 0. The molecule has 0 aliphatic carbocycles. The van der Waals surface area contributed by atoms with Gasteiger partial charge in [0.25, 0.3) is 5.91 Å². The largest absolute Gasteiger partial charge is 0.465 e. The summed E-state index contributed by atoms with van der Waals surface area (Å²) in [5.74, 6) is 0.404. The summed E-state index contributed by atoms with van der Waals surface area (Å²) in [6, 6.07) is 7.10. The fourth-order valence-electron chi connectivity index (χ4n) is 4.83. The van der Waals surface area contributed by atoms with E-state index in [1.165, 1.54) is 21.3 Å². The van der Waals surface area contributed by atoms with Gasteiger partial charge in [-0.1, -0.05) is 19.9 Å². The zero-order valence-corrected chi connectivity index (χ0v) is 23.7. The monoisotopic (exact) mass is 581 g/mol. The van der Waals surface area contributed by atoms with Crippen molar-refractivity contribution in [3.63, 3.8) is 0 Å². The van der Waals surface area contributed by atoms with Crippen molar-refractivity contribution in [2.24, 2.45) is 0 Å². The second-order valence-electron chi connectivity index (χ2n) is 10.7. The second kappa shape index (κ2) is 10.9. The Bertz CT molecular complexity index is 1690. The molecule has 216 valence electrons. The maximum absolute atomic E-state index is 13.3. The lowest BCUT2D eigenvalue weighted by molar-refractivity contribution is 0.102. The lowest BCUT2D eigenvalue weighted by Crippen LogP contribution is -2.37. The summed E-state index contributed by atoms with van der Waals surface area (Å²) in [5.41, 5.74) is 1.71. The van der Waals surface area contributed by atoms with E-state index >= 15 is 0 Å². The number of pyridine rings is 1. The van der Waals surface area contributed by atoms with E-state index in [0.29, 0.717) is 48.9 Å². The molecule has 0 aromatic carbocycles. The highest BCUT2D eigenvalue weighted by Gasteiger charge is 2.29. The Morgan fingerprint density at radius 2 is 1.90 bits per heavy atom. The molecule has 4 aromatic heterocycles. The molecule has 2 amide bonds. The molecule has 1 saturated heterocycles. The number of carbonyl (C=O) groups is 2. The zero-order valence-electron chi connectivity index (χ0n) is 22.9. The summed E-state index contributed by atoms with van der Waals surface area (Å²) in [5, 5.41) is 23.3. The SMILES string of the molecule is CC(C)(CNC(=O)O)c1ccc(-n2nc(C3CCN(S(C)(=O)=O)CC3)cc2NC(=O)c2cnn3cccnc23)nc1. The molecule has 0 atom stereocenters. The van der Waals surface area contributed by atoms with Gasteiger partial charge in [-0.05, 0) is 30.5 Å². The van der Waals surface area contributed by atoms with Crippen LogP contribution in [0.4, 0.5) is 10.6 Å². The highest BCUT2D eigenvalue weighted by molar-refractivity contribution is 7.88. The van der Waals surface area contributed by atoms with E-state index in [2.05, 4.69) is 25.7 Å². The number of sulfonamides is 1. The van der Waals surface area contributed by atoms with E-state index in [9.17, 15) is 18.0 Å². The van der Waals surface area contributed by atoms with Crippen molar-refractivity contribution in [3.8, 4) is 5.82 Å². The molecule has 0 bridgehead atoms. The number of fused-ring (bicyclic) bond motifs is 1. The third kappa shape index (κ3) is 6.05. The van der Waals surface area contributed by atoms with E-state index in [-0.39, 0.29) is 18.0 Å². The summed E-state index contributed by atoms with van der Waals surface area (Å²) < 4.78 is 28.5. The van der Waals surface area contributed by atoms with Crippen LogP contribution in [0.3, 0.4) is 0 Å². The topological polar surface area (TPSA) is 177 Å². The minimum absolute atomic E-state index is 0.0103. The van der Waals surface area contributed by atoms with Gasteiger partial charge in [-0.3, -0.25) is 4.79 Å². The predicted octanol–water partition coefficient (Wildman–Crippen LogP) is 2.25. The van der Waals surface area contributed by atoms with Crippen molar-refractivity contribution in [1.82, 2.24) is 39.0 Å². The molecule has 0 spiro atoms. The lowest BCUT2D eigenvalue weighted by Gasteiger charge is -2.29. The molecule has 15 heteroatoms. The quantitative estimate of drug-likeness (QED) is 0.282. The molecule has 1 fully saturated rings. The van der Waals surface area contributed by atoms with E-state index < -0.39 is 27.4 Å². The summed E-state index contributed by atoms with van der Waals surface area (Å²) in [4.78, 5) is 33.2. The van der Waals surface area contributed by atoms with E-state index in [1.807, 2.05) is 19.9 Å². The molecule has 1 aliphatic rings. The summed E-state index contributed by atoms with van der Waals surface area (Å²) in [6.07, 6.45) is 7.67. The van der Waals surface area contributed by atoms with Gasteiger partial charge in [-0.15, -0.1) is 0 Å². The molecule has 0 saturated carbocycles. The van der Waals surface area contributed by atoms with Crippen LogP contribution < -0.4 is 10.6 Å². The van der Waals surface area contributed by atoms with Gasteiger partial charge in [0.15, 0.2) is 11.5 Å². The molecular weight excluding hydrogens is 550 g/mol. The van der Waals surface area contributed by atoms with Crippen LogP contribution in [0.2, 0.25) is 0 Å². The molecule has 5 heterocycles. The van der Waals surface area contributed by atoms with Gasteiger partial charge in [-0.25, -0.2) is 32.0 Å². The molecule has 4 aromatic rings. The van der Waals surface area contributed by atoms with Crippen molar-refractivity contribution < 1.29 is 23.1 Å². The maximum atomic E-state index is 13.3. The number of hydrogen-bond acceptors (Lipinski definition) is 8.